The van der Waals surface area contributed by atoms with Crippen molar-refractivity contribution in [1.29, 1.82) is 0 Å². The summed E-state index contributed by atoms with van der Waals surface area (Å²) in [5.74, 6) is -1.96. The molecule has 2 rings (SSSR count). The number of carbonyl (C=O) groups excluding carboxylic acids is 3. The molecule has 0 unspecified atom stereocenters. The monoisotopic (exact) mass is 304 g/mol. The lowest BCUT2D eigenvalue weighted by molar-refractivity contribution is -0.134. The average molecular weight is 304 g/mol. The highest BCUT2D eigenvalue weighted by atomic mass is 32.1. The van der Waals surface area contributed by atoms with Gasteiger partial charge in [0, 0.05) is 23.8 Å². The fourth-order valence-corrected chi connectivity index (χ4v) is 2.81. The fourth-order valence-electron chi connectivity index (χ4n) is 1.88. The molecule has 21 heavy (non-hydrogen) atoms. The molecular weight excluding hydrogens is 291 g/mol. The van der Waals surface area contributed by atoms with Crippen molar-refractivity contribution in [2.45, 2.75) is 19.8 Å². The van der Waals surface area contributed by atoms with Gasteiger partial charge >= 0.3 is 0 Å². The molecular formula is C16H13FO3S. The van der Waals surface area contributed by atoms with Gasteiger partial charge in [0.1, 0.15) is 5.82 Å². The maximum Gasteiger partial charge on any atom is 0.205 e. The highest BCUT2D eigenvalue weighted by molar-refractivity contribution is 7.10. The standard InChI is InChI=1S/C16H13FO3S/c1-10(18)14(19)9-15(20)13-6-7-21-16(13)8-11-2-4-12(17)5-3-11/h2-7H,8-9H2,1H3. The molecule has 0 N–H and O–H groups in total. The van der Waals surface area contributed by atoms with Gasteiger partial charge in [-0.1, -0.05) is 12.1 Å². The summed E-state index contributed by atoms with van der Waals surface area (Å²) in [5, 5.41) is 1.77. The van der Waals surface area contributed by atoms with Crippen LogP contribution in [0.2, 0.25) is 0 Å². The van der Waals surface area contributed by atoms with Crippen LogP contribution < -0.4 is 0 Å². The number of ketones is 3. The molecule has 1 aromatic carbocycles. The first-order chi connectivity index (χ1) is 9.97. The number of hydrogen-bond donors (Lipinski definition) is 0. The van der Waals surface area contributed by atoms with Gasteiger partial charge in [-0.3, -0.25) is 14.4 Å². The first-order valence-corrected chi connectivity index (χ1v) is 7.23. The highest BCUT2D eigenvalue weighted by Gasteiger charge is 2.18. The van der Waals surface area contributed by atoms with Crippen molar-refractivity contribution in [3.8, 4) is 0 Å². The van der Waals surface area contributed by atoms with Gasteiger partial charge in [0.25, 0.3) is 0 Å². The Kier molecular flexibility index (Phi) is 4.75. The smallest absolute Gasteiger partial charge is 0.205 e. The van der Waals surface area contributed by atoms with E-state index >= 15 is 0 Å². The molecule has 0 aliphatic heterocycles. The first kappa shape index (κ1) is 15.3. The molecule has 1 aromatic heterocycles. The molecule has 0 radical (unpaired) electrons. The summed E-state index contributed by atoms with van der Waals surface area (Å²) in [7, 11) is 0. The van der Waals surface area contributed by atoms with Crippen molar-refractivity contribution >= 4 is 28.7 Å². The molecule has 1 heterocycles. The summed E-state index contributed by atoms with van der Waals surface area (Å²) in [6.45, 7) is 1.16. The summed E-state index contributed by atoms with van der Waals surface area (Å²) in [6.07, 6.45) is 0.0930. The minimum absolute atomic E-state index is 0.312. The van der Waals surface area contributed by atoms with Gasteiger partial charge in [-0.25, -0.2) is 4.39 Å². The number of halogens is 1. The van der Waals surface area contributed by atoms with E-state index in [1.54, 1.807) is 23.6 Å². The van der Waals surface area contributed by atoms with Crippen molar-refractivity contribution in [3.05, 3.63) is 57.5 Å². The molecule has 0 aliphatic rings. The van der Waals surface area contributed by atoms with Crippen molar-refractivity contribution in [1.82, 2.24) is 0 Å². The molecule has 108 valence electrons. The summed E-state index contributed by atoms with van der Waals surface area (Å²) < 4.78 is 12.9. The number of Topliss-reactive ketones (excluding diaryl/α,β-unsaturated/α-hetero) is 3. The Morgan fingerprint density at radius 2 is 1.76 bits per heavy atom. The van der Waals surface area contributed by atoms with E-state index in [4.69, 9.17) is 0 Å². The van der Waals surface area contributed by atoms with Crippen molar-refractivity contribution in [2.75, 3.05) is 0 Å². The van der Waals surface area contributed by atoms with Crippen molar-refractivity contribution < 1.29 is 18.8 Å². The largest absolute Gasteiger partial charge is 0.294 e. The Balaban J connectivity index is 2.14. The third kappa shape index (κ3) is 3.92. The number of thiophene rings is 1. The molecule has 0 atom stereocenters. The van der Waals surface area contributed by atoms with E-state index in [0.717, 1.165) is 17.4 Å². The predicted molar refractivity (Wildman–Crippen MR) is 78.2 cm³/mol. The minimum Gasteiger partial charge on any atom is -0.294 e. The molecule has 0 spiro atoms. The van der Waals surface area contributed by atoms with Gasteiger partial charge in [0.2, 0.25) is 5.78 Å². The zero-order valence-corrected chi connectivity index (χ0v) is 12.2. The molecule has 0 fully saturated rings. The molecule has 0 bridgehead atoms. The van der Waals surface area contributed by atoms with Gasteiger partial charge in [0.05, 0.1) is 6.42 Å². The molecule has 2 aromatic rings. The van der Waals surface area contributed by atoms with Crippen LogP contribution in [0.5, 0.6) is 0 Å². The van der Waals surface area contributed by atoms with Crippen molar-refractivity contribution in [2.24, 2.45) is 0 Å². The second-order valence-electron chi connectivity index (χ2n) is 4.64. The normalized spacial score (nSPS) is 10.4. The van der Waals surface area contributed by atoms with Crippen LogP contribution in [0.15, 0.2) is 35.7 Å². The summed E-state index contributed by atoms with van der Waals surface area (Å²) in [6, 6.07) is 7.70. The van der Waals surface area contributed by atoms with Gasteiger partial charge in [0.15, 0.2) is 11.6 Å². The highest BCUT2D eigenvalue weighted by Crippen LogP contribution is 2.22. The van der Waals surface area contributed by atoms with E-state index < -0.39 is 18.0 Å². The number of hydrogen-bond acceptors (Lipinski definition) is 4. The summed E-state index contributed by atoms with van der Waals surface area (Å²) in [4.78, 5) is 35.1. The summed E-state index contributed by atoms with van der Waals surface area (Å²) in [5.41, 5.74) is 1.34. The Hall–Kier alpha value is -2.14. The summed E-state index contributed by atoms with van der Waals surface area (Å²) >= 11 is 1.40. The molecule has 0 amide bonds. The number of rotatable bonds is 6. The second-order valence-corrected chi connectivity index (χ2v) is 5.64. The molecule has 0 saturated carbocycles. The Morgan fingerprint density at radius 1 is 1.10 bits per heavy atom. The van der Waals surface area contributed by atoms with Gasteiger partial charge in [-0.2, -0.15) is 0 Å². The first-order valence-electron chi connectivity index (χ1n) is 6.35. The van der Waals surface area contributed by atoms with Crippen LogP contribution in [0.1, 0.15) is 34.1 Å². The Bertz CT molecular complexity index is 686. The van der Waals surface area contributed by atoms with Crippen LogP contribution in [-0.4, -0.2) is 17.3 Å². The van der Waals surface area contributed by atoms with Gasteiger partial charge in [-0.05, 0) is 29.1 Å². The van der Waals surface area contributed by atoms with Crippen molar-refractivity contribution in [3.63, 3.8) is 0 Å². The molecule has 0 saturated heterocycles. The molecule has 5 heteroatoms. The second kappa shape index (κ2) is 6.54. The van der Waals surface area contributed by atoms with E-state index in [1.807, 2.05) is 0 Å². The number of benzene rings is 1. The van der Waals surface area contributed by atoms with Crippen LogP contribution in [-0.2, 0) is 16.0 Å². The number of carbonyl (C=O) groups is 3. The van der Waals surface area contributed by atoms with Crippen LogP contribution in [0.4, 0.5) is 4.39 Å². The quantitative estimate of drug-likeness (QED) is 0.468. The minimum atomic E-state index is -0.682. The van der Waals surface area contributed by atoms with Crippen LogP contribution in [0.25, 0.3) is 0 Å². The SMILES string of the molecule is CC(=O)C(=O)CC(=O)c1ccsc1Cc1ccc(F)cc1. The Morgan fingerprint density at radius 3 is 2.38 bits per heavy atom. The molecule has 3 nitrogen and oxygen atoms in total. The zero-order chi connectivity index (χ0) is 15.4. The van der Waals surface area contributed by atoms with Crippen LogP contribution in [0, 0.1) is 5.82 Å². The van der Waals surface area contributed by atoms with Gasteiger partial charge < -0.3 is 0 Å². The lowest BCUT2D eigenvalue weighted by atomic mass is 10.0. The van der Waals surface area contributed by atoms with Crippen LogP contribution in [0.3, 0.4) is 0 Å². The predicted octanol–water partition coefficient (Wildman–Crippen LogP) is 3.21. The lowest BCUT2D eigenvalue weighted by Crippen LogP contribution is -2.15. The zero-order valence-electron chi connectivity index (χ0n) is 11.4. The maximum atomic E-state index is 12.9. The fraction of sp³-hybridized carbons (Fsp3) is 0.188. The maximum absolute atomic E-state index is 12.9. The third-order valence-corrected chi connectivity index (χ3v) is 3.96. The topological polar surface area (TPSA) is 51.2 Å². The third-order valence-electron chi connectivity index (χ3n) is 3.04. The Labute approximate surface area is 125 Å². The van der Waals surface area contributed by atoms with E-state index in [9.17, 15) is 18.8 Å². The van der Waals surface area contributed by atoms with E-state index in [2.05, 4.69) is 0 Å². The van der Waals surface area contributed by atoms with E-state index in [1.165, 1.54) is 23.5 Å². The molecule has 0 aliphatic carbocycles. The van der Waals surface area contributed by atoms with Crippen LogP contribution >= 0.6 is 11.3 Å². The lowest BCUT2D eigenvalue weighted by Gasteiger charge is -2.03. The average Bonchev–Trinajstić information content (AvgIpc) is 2.89. The van der Waals surface area contributed by atoms with E-state index in [0.29, 0.717) is 12.0 Å². The van der Waals surface area contributed by atoms with E-state index in [-0.39, 0.29) is 11.6 Å². The van der Waals surface area contributed by atoms with Gasteiger partial charge in [-0.15, -0.1) is 11.3 Å².